The van der Waals surface area contributed by atoms with Gasteiger partial charge in [0.05, 0.1) is 18.2 Å². The quantitative estimate of drug-likeness (QED) is 0.844. The number of amides is 1. The highest BCUT2D eigenvalue weighted by Gasteiger charge is 2.39. The number of hydrogen-bond acceptors (Lipinski definition) is 4. The van der Waals surface area contributed by atoms with Crippen LogP contribution < -0.4 is 0 Å². The smallest absolute Gasteiger partial charge is 0.228 e. The van der Waals surface area contributed by atoms with Crippen molar-refractivity contribution in [1.82, 2.24) is 19.6 Å². The van der Waals surface area contributed by atoms with Gasteiger partial charge in [0.25, 0.3) is 0 Å². The van der Waals surface area contributed by atoms with E-state index >= 15 is 0 Å². The Morgan fingerprint density at radius 2 is 2.26 bits per heavy atom. The number of hydrogen-bond donors (Lipinski definition) is 0. The Labute approximate surface area is 138 Å². The second-order valence-electron chi connectivity index (χ2n) is 6.86. The standard InChI is InChI=1S/C17H28N4O2/c1-4-21-11-13(10-18-21)16-15(7-9-23-16)17(22)20-8-5-6-14(12-20)19(2)3/h10-11,14-16H,4-9,12H2,1-3H3/t14-,15-,16+/m0/s1. The fourth-order valence-electron chi connectivity index (χ4n) is 3.68. The molecule has 3 rings (SSSR count). The number of likely N-dealkylation sites (N-methyl/N-ethyl adjacent to an activating group) is 1. The minimum Gasteiger partial charge on any atom is -0.373 e. The highest BCUT2D eigenvalue weighted by atomic mass is 16.5. The summed E-state index contributed by atoms with van der Waals surface area (Å²) in [5.74, 6) is 0.189. The Kier molecular flexibility index (Phi) is 5.02. The zero-order valence-electron chi connectivity index (χ0n) is 14.4. The molecular formula is C17H28N4O2. The van der Waals surface area contributed by atoms with Crippen LogP contribution >= 0.6 is 0 Å². The van der Waals surface area contributed by atoms with Crippen molar-refractivity contribution >= 4 is 5.91 Å². The van der Waals surface area contributed by atoms with Gasteiger partial charge in [-0.15, -0.1) is 0 Å². The van der Waals surface area contributed by atoms with Gasteiger partial charge >= 0.3 is 0 Å². The van der Waals surface area contributed by atoms with Gasteiger partial charge in [-0.25, -0.2) is 0 Å². The summed E-state index contributed by atoms with van der Waals surface area (Å²) >= 11 is 0. The molecule has 0 saturated carbocycles. The molecule has 2 fully saturated rings. The first kappa shape index (κ1) is 16.5. The summed E-state index contributed by atoms with van der Waals surface area (Å²) in [6.45, 7) is 5.26. The van der Waals surface area contributed by atoms with E-state index in [0.29, 0.717) is 12.6 Å². The summed E-state index contributed by atoms with van der Waals surface area (Å²) < 4.78 is 7.77. The number of ether oxygens (including phenoxy) is 1. The fraction of sp³-hybridized carbons (Fsp3) is 0.765. The highest BCUT2D eigenvalue weighted by molar-refractivity contribution is 5.80. The van der Waals surface area contributed by atoms with Gasteiger partial charge in [-0.1, -0.05) is 0 Å². The topological polar surface area (TPSA) is 50.6 Å². The van der Waals surface area contributed by atoms with Gasteiger partial charge in [0.2, 0.25) is 5.91 Å². The molecule has 0 aromatic carbocycles. The largest absolute Gasteiger partial charge is 0.373 e. The van der Waals surface area contributed by atoms with E-state index in [1.165, 1.54) is 6.42 Å². The summed E-state index contributed by atoms with van der Waals surface area (Å²) in [5, 5.41) is 4.33. The molecule has 0 N–H and O–H groups in total. The average Bonchev–Trinajstić information content (AvgIpc) is 3.22. The van der Waals surface area contributed by atoms with Gasteiger partial charge in [-0.3, -0.25) is 9.48 Å². The van der Waals surface area contributed by atoms with E-state index in [2.05, 4.69) is 31.0 Å². The third kappa shape index (κ3) is 3.43. The number of carbonyl (C=O) groups is 1. The monoisotopic (exact) mass is 320 g/mol. The summed E-state index contributed by atoms with van der Waals surface area (Å²) in [6, 6.07) is 0.469. The molecule has 6 heteroatoms. The molecule has 1 aromatic rings. The first-order valence-corrected chi connectivity index (χ1v) is 8.69. The third-order valence-corrected chi connectivity index (χ3v) is 5.15. The van der Waals surface area contributed by atoms with Crippen LogP contribution in [0, 0.1) is 5.92 Å². The van der Waals surface area contributed by atoms with Crippen molar-refractivity contribution in [3.63, 3.8) is 0 Å². The maximum atomic E-state index is 13.0. The highest BCUT2D eigenvalue weighted by Crippen LogP contribution is 2.36. The van der Waals surface area contributed by atoms with Crippen LogP contribution in [0.2, 0.25) is 0 Å². The van der Waals surface area contributed by atoms with Gasteiger partial charge in [-0.2, -0.15) is 5.10 Å². The normalized spacial score (nSPS) is 28.5. The van der Waals surface area contributed by atoms with E-state index in [1.54, 1.807) is 0 Å². The Bertz CT molecular complexity index is 542. The average molecular weight is 320 g/mol. The molecule has 2 aliphatic rings. The Morgan fingerprint density at radius 3 is 2.96 bits per heavy atom. The zero-order valence-corrected chi connectivity index (χ0v) is 14.4. The molecule has 23 heavy (non-hydrogen) atoms. The molecule has 0 bridgehead atoms. The van der Waals surface area contributed by atoms with E-state index in [1.807, 2.05) is 22.0 Å². The Hall–Kier alpha value is -1.40. The summed E-state index contributed by atoms with van der Waals surface area (Å²) in [4.78, 5) is 17.3. The predicted molar refractivity (Wildman–Crippen MR) is 88.0 cm³/mol. The third-order valence-electron chi connectivity index (χ3n) is 5.15. The number of rotatable bonds is 4. The molecule has 0 aliphatic carbocycles. The molecular weight excluding hydrogens is 292 g/mol. The molecule has 0 spiro atoms. The van der Waals surface area contributed by atoms with Gasteiger partial charge in [0, 0.05) is 44.0 Å². The number of likely N-dealkylation sites (tertiary alicyclic amines) is 1. The Balaban J connectivity index is 1.70. The SMILES string of the molecule is CCn1cc([C@H]2OCC[C@@H]2C(=O)N2CCC[C@H](N(C)C)C2)cn1. The van der Waals surface area contributed by atoms with E-state index < -0.39 is 0 Å². The Morgan fingerprint density at radius 1 is 1.43 bits per heavy atom. The van der Waals surface area contributed by atoms with Gasteiger partial charge in [-0.05, 0) is 40.3 Å². The maximum absolute atomic E-state index is 13.0. The molecule has 0 unspecified atom stereocenters. The number of nitrogens with zero attached hydrogens (tertiary/aromatic N) is 4. The van der Waals surface area contributed by atoms with Gasteiger partial charge in [0.15, 0.2) is 0 Å². The van der Waals surface area contributed by atoms with Crippen molar-refractivity contribution in [3.8, 4) is 0 Å². The second-order valence-corrected chi connectivity index (χ2v) is 6.86. The maximum Gasteiger partial charge on any atom is 0.228 e. The number of piperidine rings is 1. The van der Waals surface area contributed by atoms with Crippen molar-refractivity contribution in [2.45, 2.75) is 44.9 Å². The van der Waals surface area contributed by atoms with Crippen LogP contribution in [0.1, 0.15) is 37.9 Å². The number of carbonyl (C=O) groups excluding carboxylic acids is 1. The summed E-state index contributed by atoms with van der Waals surface area (Å²) in [5.41, 5.74) is 1.03. The van der Waals surface area contributed by atoms with Crippen molar-refractivity contribution in [1.29, 1.82) is 0 Å². The fourth-order valence-corrected chi connectivity index (χ4v) is 3.68. The lowest BCUT2D eigenvalue weighted by Gasteiger charge is -2.37. The van der Waals surface area contributed by atoms with Crippen LogP contribution in [-0.2, 0) is 16.1 Å². The molecule has 6 nitrogen and oxygen atoms in total. The first-order valence-electron chi connectivity index (χ1n) is 8.69. The van der Waals surface area contributed by atoms with Crippen LogP contribution in [0.3, 0.4) is 0 Å². The number of aryl methyl sites for hydroxylation is 1. The number of aromatic nitrogens is 2. The molecule has 3 heterocycles. The van der Waals surface area contributed by atoms with Crippen LogP contribution in [0.15, 0.2) is 12.4 Å². The molecule has 3 atom stereocenters. The van der Waals surface area contributed by atoms with E-state index in [9.17, 15) is 4.79 Å². The van der Waals surface area contributed by atoms with Crippen LogP contribution in [0.4, 0.5) is 0 Å². The van der Waals surface area contributed by atoms with Crippen molar-refractivity contribution < 1.29 is 9.53 Å². The van der Waals surface area contributed by atoms with Crippen LogP contribution in [0.25, 0.3) is 0 Å². The molecule has 1 amide bonds. The lowest BCUT2D eigenvalue weighted by atomic mass is 9.94. The van der Waals surface area contributed by atoms with Gasteiger partial charge in [0.1, 0.15) is 0 Å². The second kappa shape index (κ2) is 7.01. The zero-order chi connectivity index (χ0) is 16.4. The lowest BCUT2D eigenvalue weighted by molar-refractivity contribution is -0.139. The van der Waals surface area contributed by atoms with Crippen molar-refractivity contribution in [3.05, 3.63) is 18.0 Å². The summed E-state index contributed by atoms with van der Waals surface area (Å²) in [7, 11) is 4.19. The van der Waals surface area contributed by atoms with Crippen molar-refractivity contribution in [2.24, 2.45) is 5.92 Å². The molecule has 2 aliphatic heterocycles. The lowest BCUT2D eigenvalue weighted by Crippen LogP contribution is -2.49. The molecule has 128 valence electrons. The van der Waals surface area contributed by atoms with Crippen LogP contribution in [0.5, 0.6) is 0 Å². The van der Waals surface area contributed by atoms with Crippen molar-refractivity contribution in [2.75, 3.05) is 33.8 Å². The minimum absolute atomic E-state index is 0.0644. The van der Waals surface area contributed by atoms with E-state index in [4.69, 9.17) is 4.74 Å². The molecule has 1 aromatic heterocycles. The molecule has 0 radical (unpaired) electrons. The minimum atomic E-state index is -0.137. The molecule has 2 saturated heterocycles. The van der Waals surface area contributed by atoms with Crippen LogP contribution in [-0.4, -0.2) is 65.3 Å². The van der Waals surface area contributed by atoms with Gasteiger partial charge < -0.3 is 14.5 Å². The first-order chi connectivity index (χ1) is 11.1. The van der Waals surface area contributed by atoms with E-state index in [-0.39, 0.29) is 17.9 Å². The summed E-state index contributed by atoms with van der Waals surface area (Å²) in [6.07, 6.45) is 6.78. The predicted octanol–water partition coefficient (Wildman–Crippen LogP) is 1.53. The van der Waals surface area contributed by atoms with E-state index in [0.717, 1.165) is 38.0 Å².